The number of fused-ring (bicyclic) bond motifs is 1. The molecule has 0 atom stereocenters. The molecule has 0 saturated carbocycles. The Bertz CT molecular complexity index is 987. The summed E-state index contributed by atoms with van der Waals surface area (Å²) in [5.74, 6) is 0.441. The number of amides is 1. The van der Waals surface area contributed by atoms with Gasteiger partial charge in [-0.25, -0.2) is 0 Å². The van der Waals surface area contributed by atoms with Crippen LogP contribution in [0.3, 0.4) is 0 Å². The summed E-state index contributed by atoms with van der Waals surface area (Å²) in [6.07, 6.45) is 1.78. The standard InChI is InChI=1S/C19H17ClN2O2S/c1-3-11-22-16-10-7-14(20)12-17(16)25-19(22)21-18(23)13-5-8-15(9-6-13)24-4-2/h3,5-10,12H,1,4,11H2,2H3. The lowest BCUT2D eigenvalue weighted by molar-refractivity contribution is 0.0998. The number of ether oxygens (including phenoxy) is 1. The molecule has 25 heavy (non-hydrogen) atoms. The van der Waals surface area contributed by atoms with E-state index in [0.29, 0.717) is 28.5 Å². The summed E-state index contributed by atoms with van der Waals surface area (Å²) >= 11 is 7.50. The van der Waals surface area contributed by atoms with Gasteiger partial charge in [0, 0.05) is 17.1 Å². The molecule has 4 nitrogen and oxygen atoms in total. The highest BCUT2D eigenvalue weighted by Crippen LogP contribution is 2.22. The van der Waals surface area contributed by atoms with E-state index in [1.165, 1.54) is 11.3 Å². The van der Waals surface area contributed by atoms with Crippen LogP contribution in [0.15, 0.2) is 60.1 Å². The highest BCUT2D eigenvalue weighted by Gasteiger charge is 2.09. The van der Waals surface area contributed by atoms with Crippen LogP contribution in [0.5, 0.6) is 5.75 Å². The highest BCUT2D eigenvalue weighted by atomic mass is 35.5. The maximum atomic E-state index is 12.5. The van der Waals surface area contributed by atoms with E-state index in [9.17, 15) is 4.79 Å². The van der Waals surface area contributed by atoms with Crippen LogP contribution >= 0.6 is 22.9 Å². The molecule has 0 aliphatic carbocycles. The molecular formula is C19H17ClN2O2S. The van der Waals surface area contributed by atoms with Gasteiger partial charge in [-0.1, -0.05) is 29.0 Å². The van der Waals surface area contributed by atoms with Gasteiger partial charge in [0.1, 0.15) is 5.75 Å². The molecule has 1 heterocycles. The van der Waals surface area contributed by atoms with Gasteiger partial charge in [0.2, 0.25) is 0 Å². The molecule has 0 spiro atoms. The first-order valence-electron chi connectivity index (χ1n) is 7.84. The molecule has 0 radical (unpaired) electrons. The number of carbonyl (C=O) groups is 1. The number of halogens is 1. The van der Waals surface area contributed by atoms with Gasteiger partial charge in [-0.15, -0.1) is 6.58 Å². The molecule has 2 aromatic carbocycles. The molecule has 0 aliphatic heterocycles. The monoisotopic (exact) mass is 372 g/mol. The van der Waals surface area contributed by atoms with Crippen LogP contribution in [0.1, 0.15) is 17.3 Å². The fourth-order valence-electron chi connectivity index (χ4n) is 2.45. The smallest absolute Gasteiger partial charge is 0.279 e. The van der Waals surface area contributed by atoms with E-state index in [2.05, 4.69) is 11.6 Å². The number of nitrogens with zero attached hydrogens (tertiary/aromatic N) is 2. The third-order valence-corrected chi connectivity index (χ3v) is 4.84. The average molecular weight is 373 g/mol. The predicted molar refractivity (Wildman–Crippen MR) is 103 cm³/mol. The molecular weight excluding hydrogens is 356 g/mol. The maximum Gasteiger partial charge on any atom is 0.279 e. The number of carbonyl (C=O) groups excluding carboxylic acids is 1. The molecule has 0 unspecified atom stereocenters. The summed E-state index contributed by atoms with van der Waals surface area (Å²) in [6, 6.07) is 12.6. The SMILES string of the molecule is C=CCn1c(=NC(=O)c2ccc(OCC)cc2)sc2cc(Cl)ccc21. The van der Waals surface area contributed by atoms with E-state index >= 15 is 0 Å². The zero-order valence-electron chi connectivity index (χ0n) is 13.7. The van der Waals surface area contributed by atoms with Crippen LogP contribution in [0.4, 0.5) is 0 Å². The predicted octanol–water partition coefficient (Wildman–Crippen LogP) is 4.68. The van der Waals surface area contributed by atoms with E-state index in [-0.39, 0.29) is 5.91 Å². The van der Waals surface area contributed by atoms with E-state index in [1.807, 2.05) is 29.7 Å². The normalized spacial score (nSPS) is 11.7. The molecule has 0 N–H and O–H groups in total. The Morgan fingerprint density at radius 1 is 1.32 bits per heavy atom. The fraction of sp³-hybridized carbons (Fsp3) is 0.158. The molecule has 6 heteroatoms. The first-order chi connectivity index (χ1) is 12.1. The molecule has 1 aromatic heterocycles. The molecule has 3 aromatic rings. The quantitative estimate of drug-likeness (QED) is 0.610. The van der Waals surface area contributed by atoms with Crippen molar-refractivity contribution in [3.63, 3.8) is 0 Å². The number of aromatic nitrogens is 1. The molecule has 1 amide bonds. The number of thiazole rings is 1. The first-order valence-corrected chi connectivity index (χ1v) is 9.03. The van der Waals surface area contributed by atoms with Crippen molar-refractivity contribution >= 4 is 39.1 Å². The Morgan fingerprint density at radius 2 is 2.08 bits per heavy atom. The number of hydrogen-bond acceptors (Lipinski definition) is 3. The van der Waals surface area contributed by atoms with Crippen molar-refractivity contribution in [1.82, 2.24) is 4.57 Å². The van der Waals surface area contributed by atoms with E-state index in [4.69, 9.17) is 16.3 Å². The largest absolute Gasteiger partial charge is 0.494 e. The van der Waals surface area contributed by atoms with Crippen molar-refractivity contribution < 1.29 is 9.53 Å². The number of hydrogen-bond donors (Lipinski definition) is 0. The third-order valence-electron chi connectivity index (χ3n) is 3.57. The number of rotatable bonds is 5. The van der Waals surface area contributed by atoms with Crippen molar-refractivity contribution in [1.29, 1.82) is 0 Å². The number of benzene rings is 2. The van der Waals surface area contributed by atoms with Crippen molar-refractivity contribution in [2.24, 2.45) is 4.99 Å². The van der Waals surface area contributed by atoms with Gasteiger partial charge < -0.3 is 9.30 Å². The highest BCUT2D eigenvalue weighted by molar-refractivity contribution is 7.16. The zero-order valence-corrected chi connectivity index (χ0v) is 15.3. The lowest BCUT2D eigenvalue weighted by Crippen LogP contribution is -2.16. The van der Waals surface area contributed by atoms with Crippen molar-refractivity contribution in [2.75, 3.05) is 6.61 Å². The van der Waals surface area contributed by atoms with Gasteiger partial charge in [-0.3, -0.25) is 4.79 Å². The van der Waals surface area contributed by atoms with Crippen molar-refractivity contribution in [3.8, 4) is 5.75 Å². The summed E-state index contributed by atoms with van der Waals surface area (Å²) < 4.78 is 8.33. The Kier molecular flexibility index (Phi) is 5.36. The van der Waals surface area contributed by atoms with Crippen LogP contribution < -0.4 is 9.54 Å². The Labute approximate surface area is 154 Å². The summed E-state index contributed by atoms with van der Waals surface area (Å²) in [4.78, 5) is 17.4. The second-order valence-electron chi connectivity index (χ2n) is 5.27. The molecule has 0 bridgehead atoms. The Hall–Kier alpha value is -2.37. The molecule has 0 aliphatic rings. The molecule has 128 valence electrons. The minimum absolute atomic E-state index is 0.293. The van der Waals surface area contributed by atoms with Crippen molar-refractivity contribution in [2.45, 2.75) is 13.5 Å². The zero-order chi connectivity index (χ0) is 17.8. The van der Waals surface area contributed by atoms with Gasteiger partial charge in [0.15, 0.2) is 4.80 Å². The maximum absolute atomic E-state index is 12.5. The van der Waals surface area contributed by atoms with E-state index in [1.54, 1.807) is 30.3 Å². The third kappa shape index (κ3) is 3.83. The topological polar surface area (TPSA) is 43.6 Å². The Balaban J connectivity index is 2.03. The molecule has 0 fully saturated rings. The summed E-state index contributed by atoms with van der Waals surface area (Å²) in [7, 11) is 0. The van der Waals surface area contributed by atoms with Gasteiger partial charge in [-0.05, 0) is 49.4 Å². The molecule has 3 rings (SSSR count). The minimum atomic E-state index is -0.293. The lowest BCUT2D eigenvalue weighted by Gasteiger charge is -2.03. The van der Waals surface area contributed by atoms with Crippen LogP contribution in [0.2, 0.25) is 5.02 Å². The lowest BCUT2D eigenvalue weighted by atomic mass is 10.2. The fourth-order valence-corrected chi connectivity index (χ4v) is 3.76. The van der Waals surface area contributed by atoms with Crippen molar-refractivity contribution in [3.05, 3.63) is 70.5 Å². The van der Waals surface area contributed by atoms with E-state index in [0.717, 1.165) is 16.0 Å². The summed E-state index contributed by atoms with van der Waals surface area (Å²) in [6.45, 7) is 6.85. The first kappa shape index (κ1) is 17.5. The van der Waals surface area contributed by atoms with Crippen LogP contribution in [0.25, 0.3) is 10.2 Å². The average Bonchev–Trinajstić information content (AvgIpc) is 2.92. The van der Waals surface area contributed by atoms with Crippen LogP contribution in [0, 0.1) is 0 Å². The van der Waals surface area contributed by atoms with Gasteiger partial charge in [0.05, 0.1) is 16.8 Å². The van der Waals surface area contributed by atoms with Crippen LogP contribution in [-0.2, 0) is 6.54 Å². The van der Waals surface area contributed by atoms with E-state index < -0.39 is 0 Å². The second kappa shape index (κ2) is 7.68. The van der Waals surface area contributed by atoms with Crippen LogP contribution in [-0.4, -0.2) is 17.1 Å². The Morgan fingerprint density at radius 3 is 2.76 bits per heavy atom. The molecule has 0 saturated heterocycles. The summed E-state index contributed by atoms with van der Waals surface area (Å²) in [5.41, 5.74) is 1.50. The number of allylic oxidation sites excluding steroid dienone is 1. The minimum Gasteiger partial charge on any atom is -0.494 e. The van der Waals surface area contributed by atoms with Gasteiger partial charge >= 0.3 is 0 Å². The van der Waals surface area contributed by atoms with Gasteiger partial charge in [0.25, 0.3) is 5.91 Å². The summed E-state index contributed by atoms with van der Waals surface area (Å²) in [5, 5.41) is 0.656. The van der Waals surface area contributed by atoms with Gasteiger partial charge in [-0.2, -0.15) is 4.99 Å². The second-order valence-corrected chi connectivity index (χ2v) is 6.72.